The van der Waals surface area contributed by atoms with E-state index in [1.807, 2.05) is 39.0 Å². The number of carbonyl (C=O) groups is 2. The van der Waals surface area contributed by atoms with Gasteiger partial charge in [0.05, 0.1) is 11.1 Å². The molecule has 1 unspecified atom stereocenters. The lowest BCUT2D eigenvalue weighted by molar-refractivity contribution is -0.141. The second-order valence-electron chi connectivity index (χ2n) is 8.91. The Morgan fingerprint density at radius 3 is 2.64 bits per heavy atom. The molecule has 1 aliphatic heterocycles. The number of nitrogens with zero attached hydrogens (tertiary/aromatic N) is 2. The van der Waals surface area contributed by atoms with Crippen LogP contribution in [0.3, 0.4) is 0 Å². The molecule has 0 spiro atoms. The zero-order chi connectivity index (χ0) is 20.6. The van der Waals surface area contributed by atoms with Crippen LogP contribution in [0, 0.1) is 16.7 Å². The van der Waals surface area contributed by atoms with Gasteiger partial charge in [0.1, 0.15) is 0 Å². The van der Waals surface area contributed by atoms with Crippen molar-refractivity contribution >= 4 is 46.4 Å². The van der Waals surface area contributed by atoms with E-state index in [9.17, 15) is 9.59 Å². The number of rotatable bonds is 2. The quantitative estimate of drug-likeness (QED) is 0.310. The van der Waals surface area contributed by atoms with Gasteiger partial charge in [0.2, 0.25) is 5.91 Å². The first-order valence-electron chi connectivity index (χ1n) is 9.41. The molecule has 2 aliphatic carbocycles. The zero-order valence-corrected chi connectivity index (χ0v) is 18.0. The Balaban J connectivity index is 2.24. The van der Waals surface area contributed by atoms with E-state index in [1.54, 1.807) is 18.0 Å². The molecule has 1 aromatic rings. The average molecular weight is 415 g/mol. The normalized spacial score (nSPS) is 37.8. The highest BCUT2D eigenvalue weighted by Gasteiger charge is 2.69. The van der Waals surface area contributed by atoms with Gasteiger partial charge in [-0.3, -0.25) is 9.59 Å². The number of carbonyl (C=O) groups excluding carboxylic acids is 2. The number of aliphatic imine (C=N–C) groups is 1. The predicted octanol–water partition coefficient (Wildman–Crippen LogP) is 4.47. The molecule has 1 aromatic carbocycles. The van der Waals surface area contributed by atoms with Crippen molar-refractivity contribution in [3.8, 4) is 0 Å². The monoisotopic (exact) mass is 414 g/mol. The van der Waals surface area contributed by atoms with Gasteiger partial charge >= 0.3 is 0 Å². The molecule has 1 saturated carbocycles. The largest absolute Gasteiger partial charge is 0.315 e. The first-order chi connectivity index (χ1) is 13.1. The average Bonchev–Trinajstić information content (AvgIpc) is 2.90. The van der Waals surface area contributed by atoms with Gasteiger partial charge in [-0.2, -0.15) is 0 Å². The lowest BCUT2D eigenvalue weighted by atomic mass is 9.53. The number of fused-ring (bicyclic) bond motifs is 3. The third-order valence-corrected chi connectivity index (χ3v) is 8.25. The van der Waals surface area contributed by atoms with Crippen molar-refractivity contribution in [1.82, 2.24) is 0 Å². The summed E-state index contributed by atoms with van der Waals surface area (Å²) in [5, 5.41) is 2.09. The van der Waals surface area contributed by atoms with Gasteiger partial charge in [0, 0.05) is 29.4 Å². The van der Waals surface area contributed by atoms with Gasteiger partial charge in [-0.1, -0.05) is 39.0 Å². The minimum Gasteiger partial charge on any atom is -0.315 e. The Bertz CT molecular complexity index is 983. The third-order valence-electron chi connectivity index (χ3n) is 7.53. The fourth-order valence-electron chi connectivity index (χ4n) is 5.74. The molecule has 1 heterocycles. The first kappa shape index (κ1) is 19.5. The van der Waals surface area contributed by atoms with Crippen LogP contribution >= 0.6 is 23.8 Å². The predicted molar refractivity (Wildman–Crippen MR) is 114 cm³/mol. The van der Waals surface area contributed by atoms with Gasteiger partial charge in [0.15, 0.2) is 11.3 Å². The summed E-state index contributed by atoms with van der Waals surface area (Å²) in [6.45, 7) is 9.91. The molecule has 3 aliphatic rings. The van der Waals surface area contributed by atoms with Crippen molar-refractivity contribution in [3.63, 3.8) is 0 Å². The van der Waals surface area contributed by atoms with Crippen molar-refractivity contribution in [2.45, 2.75) is 44.0 Å². The van der Waals surface area contributed by atoms with Gasteiger partial charge in [0.25, 0.3) is 0 Å². The maximum atomic E-state index is 14.1. The number of amides is 1. The SMILES string of the molecule is C=C[C@]1(C)[C@H](Cl)CC2C(=O)[C@]1(N=C=S)c1cccc3c1[C@H](C(=O)N3C)C2(C)C. The summed E-state index contributed by atoms with van der Waals surface area (Å²) in [6.07, 6.45) is 2.18. The molecular weight excluding hydrogens is 392 g/mol. The zero-order valence-electron chi connectivity index (χ0n) is 16.5. The molecule has 0 radical (unpaired) electrons. The topological polar surface area (TPSA) is 49.7 Å². The third kappa shape index (κ3) is 1.93. The lowest BCUT2D eigenvalue weighted by Crippen LogP contribution is -2.60. The number of alkyl halides is 1. The number of benzene rings is 1. The summed E-state index contributed by atoms with van der Waals surface area (Å²) in [6, 6.07) is 5.68. The van der Waals surface area contributed by atoms with E-state index in [2.05, 4.69) is 16.7 Å². The summed E-state index contributed by atoms with van der Waals surface area (Å²) < 4.78 is 0. The van der Waals surface area contributed by atoms with E-state index in [0.29, 0.717) is 12.0 Å². The summed E-state index contributed by atoms with van der Waals surface area (Å²) in [5.74, 6) is -0.917. The van der Waals surface area contributed by atoms with Crippen LogP contribution in [-0.4, -0.2) is 29.3 Å². The highest BCUT2D eigenvalue weighted by molar-refractivity contribution is 7.78. The molecule has 28 heavy (non-hydrogen) atoms. The fraction of sp³-hybridized carbons (Fsp3) is 0.500. The van der Waals surface area contributed by atoms with Crippen LogP contribution in [0.2, 0.25) is 0 Å². The first-order valence-corrected chi connectivity index (χ1v) is 10.3. The number of likely N-dealkylation sites (N-methyl/N-ethyl adjacent to an activating group) is 1. The number of Topliss-reactive ketones (excluding diaryl/α,β-unsaturated/α-hetero) is 1. The van der Waals surface area contributed by atoms with E-state index < -0.39 is 28.2 Å². The summed E-state index contributed by atoms with van der Waals surface area (Å²) in [5.41, 5.74) is -0.426. The minimum absolute atomic E-state index is 0.000659. The lowest BCUT2D eigenvalue weighted by Gasteiger charge is -2.52. The standard InChI is InChI=1S/C22H23ClN2O2S/c1-6-21(4)15(23)10-13-18(26)22(21,24-11-28)12-8-7-9-14-16(12)17(20(13,2)3)19(27)25(14)5/h6-9,13,15,17H,1,10H2,2-5H3/t13?,15-,17-,21-,22-/m1/s1. The molecule has 6 heteroatoms. The van der Waals surface area contributed by atoms with E-state index >= 15 is 0 Å². The maximum Gasteiger partial charge on any atom is 0.234 e. The Morgan fingerprint density at radius 2 is 2.04 bits per heavy atom. The molecule has 0 saturated heterocycles. The van der Waals surface area contributed by atoms with Crippen LogP contribution < -0.4 is 4.90 Å². The fourth-order valence-corrected chi connectivity index (χ4v) is 6.30. The summed E-state index contributed by atoms with van der Waals surface area (Å²) in [4.78, 5) is 33.6. The van der Waals surface area contributed by atoms with E-state index in [-0.39, 0.29) is 17.1 Å². The Morgan fingerprint density at radius 1 is 1.36 bits per heavy atom. The number of halogens is 1. The van der Waals surface area contributed by atoms with Crippen molar-refractivity contribution in [3.05, 3.63) is 42.0 Å². The highest BCUT2D eigenvalue weighted by atomic mass is 35.5. The molecule has 1 amide bonds. The van der Waals surface area contributed by atoms with Crippen molar-refractivity contribution < 1.29 is 9.59 Å². The van der Waals surface area contributed by atoms with E-state index in [4.69, 9.17) is 23.8 Å². The molecule has 146 valence electrons. The van der Waals surface area contributed by atoms with Crippen LogP contribution in [0.15, 0.2) is 35.8 Å². The van der Waals surface area contributed by atoms with Gasteiger partial charge in [-0.25, -0.2) is 4.99 Å². The second kappa shape index (κ2) is 5.85. The van der Waals surface area contributed by atoms with Crippen LogP contribution in [0.1, 0.15) is 44.2 Å². The Hall–Kier alpha value is -1.81. The van der Waals surface area contributed by atoms with E-state index in [1.165, 1.54) is 0 Å². The molecule has 0 N–H and O–H groups in total. The highest BCUT2D eigenvalue weighted by Crippen LogP contribution is 2.66. The molecule has 4 rings (SSSR count). The Labute approximate surface area is 175 Å². The summed E-state index contributed by atoms with van der Waals surface area (Å²) in [7, 11) is 1.78. The number of thiocarbonyl (C=S) groups is 1. The summed E-state index contributed by atoms with van der Waals surface area (Å²) >= 11 is 11.9. The number of anilines is 1. The molecule has 1 fully saturated rings. The second-order valence-corrected chi connectivity index (χ2v) is 9.62. The Kier molecular flexibility index (Phi) is 4.08. The minimum atomic E-state index is -1.34. The molecule has 2 bridgehead atoms. The van der Waals surface area contributed by atoms with Crippen LogP contribution in [-0.2, 0) is 15.1 Å². The van der Waals surface area contributed by atoms with Crippen molar-refractivity contribution in [1.29, 1.82) is 0 Å². The van der Waals surface area contributed by atoms with Crippen LogP contribution in [0.4, 0.5) is 5.69 Å². The molecule has 0 aromatic heterocycles. The van der Waals surface area contributed by atoms with Crippen LogP contribution in [0.5, 0.6) is 0 Å². The maximum absolute atomic E-state index is 14.1. The van der Waals surface area contributed by atoms with Crippen molar-refractivity contribution in [2.75, 3.05) is 11.9 Å². The van der Waals surface area contributed by atoms with Crippen molar-refractivity contribution in [2.24, 2.45) is 21.7 Å². The molecule has 4 nitrogen and oxygen atoms in total. The number of ketones is 1. The van der Waals surface area contributed by atoms with Gasteiger partial charge < -0.3 is 4.90 Å². The van der Waals surface area contributed by atoms with Gasteiger partial charge in [-0.05, 0) is 41.2 Å². The molecule has 5 atom stereocenters. The van der Waals surface area contributed by atoms with E-state index in [0.717, 1.165) is 11.3 Å². The smallest absolute Gasteiger partial charge is 0.234 e. The number of isothiocyanates is 1. The number of hydrogen-bond acceptors (Lipinski definition) is 4. The number of hydrogen-bond donors (Lipinski definition) is 0. The molecular formula is C22H23ClN2O2S. The van der Waals surface area contributed by atoms with Gasteiger partial charge in [-0.15, -0.1) is 18.2 Å². The van der Waals surface area contributed by atoms with Crippen LogP contribution in [0.25, 0.3) is 0 Å².